The van der Waals surface area contributed by atoms with Crippen molar-refractivity contribution in [3.63, 3.8) is 0 Å². The summed E-state index contributed by atoms with van der Waals surface area (Å²) in [6, 6.07) is 0. The summed E-state index contributed by atoms with van der Waals surface area (Å²) < 4.78 is 23.2. The fraction of sp³-hybridized carbons (Fsp3) is 0.562. The molecule has 4 rings (SSSR count). The molecule has 1 aromatic carbocycles. The van der Waals surface area contributed by atoms with E-state index in [-0.39, 0.29) is 17.1 Å². The minimum atomic E-state index is -0.374. The second-order valence-corrected chi connectivity index (χ2v) is 7.52. The van der Waals surface area contributed by atoms with E-state index >= 15 is 0 Å². The van der Waals surface area contributed by atoms with Gasteiger partial charge in [-0.1, -0.05) is 18.5 Å². The van der Waals surface area contributed by atoms with E-state index in [0.29, 0.717) is 24.0 Å². The molecule has 0 radical (unpaired) electrons. The van der Waals surface area contributed by atoms with Crippen molar-refractivity contribution in [2.24, 2.45) is 5.92 Å². The van der Waals surface area contributed by atoms with Crippen LogP contribution >= 0.6 is 27.5 Å². The number of hydrogen-bond acceptors (Lipinski definition) is 2. The summed E-state index contributed by atoms with van der Waals surface area (Å²) in [6.07, 6.45) is 5.55. The maximum atomic E-state index is 14.9. The molecule has 0 N–H and O–H groups in total. The number of halogens is 3. The van der Waals surface area contributed by atoms with Crippen molar-refractivity contribution in [1.82, 2.24) is 9.78 Å². The highest BCUT2D eigenvalue weighted by Gasteiger charge is 2.39. The average Bonchev–Trinajstić information content (AvgIpc) is 3.07. The standard InChI is InChI=1S/C16H17BrClFN2O/c1-8-6-9(8)12-13(17)10-7-20-21(11-4-2-3-5-22-11)16(10)15(19)14(12)18/h7-9,11H,2-6H2,1H3/t8-,9+,11+/m0/s1. The van der Waals surface area contributed by atoms with Gasteiger partial charge in [0.1, 0.15) is 5.52 Å². The molecule has 3 atom stereocenters. The van der Waals surface area contributed by atoms with Gasteiger partial charge < -0.3 is 4.74 Å². The summed E-state index contributed by atoms with van der Waals surface area (Å²) in [6.45, 7) is 2.86. The highest BCUT2D eigenvalue weighted by molar-refractivity contribution is 9.10. The van der Waals surface area contributed by atoms with Gasteiger partial charge >= 0.3 is 0 Å². The van der Waals surface area contributed by atoms with E-state index in [1.165, 1.54) is 0 Å². The first-order chi connectivity index (χ1) is 10.6. The van der Waals surface area contributed by atoms with Gasteiger partial charge in [-0.05, 0) is 59.0 Å². The number of rotatable bonds is 2. The number of fused-ring (bicyclic) bond motifs is 1. The Labute approximate surface area is 141 Å². The summed E-state index contributed by atoms with van der Waals surface area (Å²) in [5.41, 5.74) is 1.34. The maximum absolute atomic E-state index is 14.9. The summed E-state index contributed by atoms with van der Waals surface area (Å²) in [7, 11) is 0. The molecule has 2 heterocycles. The van der Waals surface area contributed by atoms with Gasteiger partial charge in [0.2, 0.25) is 0 Å². The lowest BCUT2D eigenvalue weighted by atomic mass is 10.1. The molecule has 22 heavy (non-hydrogen) atoms. The van der Waals surface area contributed by atoms with Crippen molar-refractivity contribution >= 4 is 38.4 Å². The SMILES string of the molecule is C[C@H]1C[C@H]1c1c(Cl)c(F)c2c(cnn2[C@H]2CCCCO2)c1Br. The van der Waals surface area contributed by atoms with Crippen LogP contribution in [0.25, 0.3) is 10.9 Å². The smallest absolute Gasteiger partial charge is 0.168 e. The summed E-state index contributed by atoms with van der Waals surface area (Å²) in [5.74, 6) is 0.526. The Hall–Kier alpha value is -0.650. The van der Waals surface area contributed by atoms with Crippen LogP contribution in [0.5, 0.6) is 0 Å². The lowest BCUT2D eigenvalue weighted by molar-refractivity contribution is -0.0369. The van der Waals surface area contributed by atoms with Gasteiger partial charge in [-0.25, -0.2) is 9.07 Å². The van der Waals surface area contributed by atoms with Crippen molar-refractivity contribution in [3.05, 3.63) is 27.1 Å². The van der Waals surface area contributed by atoms with E-state index in [0.717, 1.165) is 41.1 Å². The third kappa shape index (κ3) is 2.21. The molecule has 2 fully saturated rings. The van der Waals surface area contributed by atoms with Gasteiger partial charge in [0.15, 0.2) is 12.0 Å². The third-order valence-corrected chi connectivity index (χ3v) is 6.04. The van der Waals surface area contributed by atoms with Gasteiger partial charge in [0.25, 0.3) is 0 Å². The van der Waals surface area contributed by atoms with Crippen LogP contribution in [0, 0.1) is 11.7 Å². The van der Waals surface area contributed by atoms with E-state index in [1.807, 2.05) is 0 Å². The Bertz CT molecular complexity index is 742. The first kappa shape index (κ1) is 14.9. The van der Waals surface area contributed by atoms with E-state index < -0.39 is 0 Å². The normalized spacial score (nSPS) is 28.3. The van der Waals surface area contributed by atoms with Crippen LogP contribution in [0.2, 0.25) is 5.02 Å². The largest absolute Gasteiger partial charge is 0.356 e. The van der Waals surface area contributed by atoms with E-state index in [9.17, 15) is 4.39 Å². The topological polar surface area (TPSA) is 27.1 Å². The van der Waals surface area contributed by atoms with Gasteiger partial charge in [-0.15, -0.1) is 0 Å². The highest BCUT2D eigenvalue weighted by atomic mass is 79.9. The predicted octanol–water partition coefficient (Wildman–Crippen LogP) is 5.41. The van der Waals surface area contributed by atoms with E-state index in [4.69, 9.17) is 16.3 Å². The first-order valence-corrected chi connectivity index (χ1v) is 8.92. The molecule has 2 aliphatic rings. The predicted molar refractivity (Wildman–Crippen MR) is 87.8 cm³/mol. The van der Waals surface area contributed by atoms with Crippen LogP contribution in [0.4, 0.5) is 4.39 Å². The number of hydrogen-bond donors (Lipinski definition) is 0. The fourth-order valence-electron chi connectivity index (χ4n) is 3.39. The van der Waals surface area contributed by atoms with Crippen molar-refractivity contribution in [2.45, 2.75) is 44.8 Å². The molecule has 1 saturated heterocycles. The Balaban J connectivity index is 1.89. The molecule has 1 aromatic heterocycles. The molecule has 0 amide bonds. The lowest BCUT2D eigenvalue weighted by Gasteiger charge is -2.24. The van der Waals surface area contributed by atoms with Crippen LogP contribution in [-0.4, -0.2) is 16.4 Å². The van der Waals surface area contributed by atoms with Crippen molar-refractivity contribution in [1.29, 1.82) is 0 Å². The van der Waals surface area contributed by atoms with Gasteiger partial charge in [0.05, 0.1) is 11.2 Å². The molecule has 118 valence electrons. The zero-order valence-electron chi connectivity index (χ0n) is 12.3. The molecule has 1 saturated carbocycles. The van der Waals surface area contributed by atoms with Crippen LogP contribution in [0.15, 0.2) is 10.7 Å². The highest BCUT2D eigenvalue weighted by Crippen LogP contribution is 2.53. The Kier molecular flexibility index (Phi) is 3.70. The monoisotopic (exact) mass is 386 g/mol. The minimum Gasteiger partial charge on any atom is -0.356 e. The van der Waals surface area contributed by atoms with Crippen molar-refractivity contribution in [2.75, 3.05) is 6.61 Å². The Morgan fingerprint density at radius 1 is 1.45 bits per heavy atom. The molecule has 0 bridgehead atoms. The average molecular weight is 388 g/mol. The van der Waals surface area contributed by atoms with Gasteiger partial charge in [-0.3, -0.25) is 0 Å². The first-order valence-electron chi connectivity index (χ1n) is 7.74. The Morgan fingerprint density at radius 3 is 2.86 bits per heavy atom. The lowest BCUT2D eigenvalue weighted by Crippen LogP contribution is -2.19. The zero-order valence-corrected chi connectivity index (χ0v) is 14.6. The molecule has 1 aliphatic carbocycles. The van der Waals surface area contributed by atoms with Gasteiger partial charge in [-0.2, -0.15) is 5.10 Å². The number of ether oxygens (including phenoxy) is 1. The molecule has 1 aliphatic heterocycles. The minimum absolute atomic E-state index is 0.200. The Morgan fingerprint density at radius 2 is 2.23 bits per heavy atom. The summed E-state index contributed by atoms with van der Waals surface area (Å²) >= 11 is 9.99. The molecular formula is C16H17BrClFN2O. The van der Waals surface area contributed by atoms with Crippen LogP contribution < -0.4 is 0 Å². The molecule has 3 nitrogen and oxygen atoms in total. The molecule has 0 unspecified atom stereocenters. The molecule has 0 spiro atoms. The summed E-state index contributed by atoms with van der Waals surface area (Å²) in [4.78, 5) is 0. The fourth-order valence-corrected chi connectivity index (χ4v) is 4.61. The summed E-state index contributed by atoms with van der Waals surface area (Å²) in [5, 5.41) is 5.40. The van der Waals surface area contributed by atoms with Crippen molar-refractivity contribution < 1.29 is 9.13 Å². The molecule has 2 aromatic rings. The van der Waals surface area contributed by atoms with E-state index in [1.54, 1.807) is 10.9 Å². The van der Waals surface area contributed by atoms with E-state index in [2.05, 4.69) is 28.0 Å². The zero-order chi connectivity index (χ0) is 15.4. The molecule has 6 heteroatoms. The third-order valence-electron chi connectivity index (χ3n) is 4.81. The van der Waals surface area contributed by atoms with Crippen molar-refractivity contribution in [3.8, 4) is 0 Å². The van der Waals surface area contributed by atoms with Gasteiger partial charge in [0, 0.05) is 16.5 Å². The maximum Gasteiger partial charge on any atom is 0.168 e. The quantitative estimate of drug-likeness (QED) is 0.644. The van der Waals surface area contributed by atoms with Crippen LogP contribution in [0.1, 0.15) is 50.3 Å². The number of aromatic nitrogens is 2. The molecular weight excluding hydrogens is 371 g/mol. The van der Waals surface area contributed by atoms with Crippen LogP contribution in [-0.2, 0) is 4.74 Å². The number of benzene rings is 1. The van der Waals surface area contributed by atoms with Crippen LogP contribution in [0.3, 0.4) is 0 Å². The second kappa shape index (κ2) is 5.46. The second-order valence-electron chi connectivity index (χ2n) is 6.35. The number of nitrogens with zero attached hydrogens (tertiary/aromatic N) is 2.